The fraction of sp³-hybridized carbons (Fsp3) is 0.231. The summed E-state index contributed by atoms with van der Waals surface area (Å²) in [6.45, 7) is 4.01. The summed E-state index contributed by atoms with van der Waals surface area (Å²) in [5.74, 6) is -0.953. The summed E-state index contributed by atoms with van der Waals surface area (Å²) in [5.41, 5.74) is 1.71. The SMILES string of the molecule is CC(C)c1ccc(-c2cc(F)cc(F)c2)nn1. The minimum atomic E-state index is -0.616. The zero-order valence-electron chi connectivity index (χ0n) is 9.61. The summed E-state index contributed by atoms with van der Waals surface area (Å²) >= 11 is 0. The first-order valence-electron chi connectivity index (χ1n) is 5.36. The van der Waals surface area contributed by atoms with Crippen LogP contribution < -0.4 is 0 Å². The lowest BCUT2D eigenvalue weighted by atomic mass is 10.1. The Bertz CT molecular complexity index is 501. The highest BCUT2D eigenvalue weighted by Crippen LogP contribution is 2.20. The highest BCUT2D eigenvalue weighted by molar-refractivity contribution is 5.58. The van der Waals surface area contributed by atoms with Gasteiger partial charge in [0.25, 0.3) is 0 Å². The van der Waals surface area contributed by atoms with E-state index in [1.54, 1.807) is 6.07 Å². The van der Waals surface area contributed by atoms with E-state index in [0.29, 0.717) is 11.3 Å². The molecule has 0 N–H and O–H groups in total. The van der Waals surface area contributed by atoms with E-state index in [-0.39, 0.29) is 5.92 Å². The van der Waals surface area contributed by atoms with Gasteiger partial charge < -0.3 is 0 Å². The number of rotatable bonds is 2. The second kappa shape index (κ2) is 4.57. The minimum absolute atomic E-state index is 0.279. The Kier molecular flexibility index (Phi) is 3.13. The molecule has 1 aromatic heterocycles. The average Bonchev–Trinajstić information content (AvgIpc) is 2.28. The van der Waals surface area contributed by atoms with Crippen molar-refractivity contribution < 1.29 is 8.78 Å². The van der Waals surface area contributed by atoms with Crippen molar-refractivity contribution in [2.24, 2.45) is 0 Å². The molecule has 1 aromatic carbocycles. The third-order valence-corrected chi connectivity index (χ3v) is 2.44. The van der Waals surface area contributed by atoms with Crippen molar-refractivity contribution in [1.82, 2.24) is 10.2 Å². The average molecular weight is 234 g/mol. The first-order valence-corrected chi connectivity index (χ1v) is 5.36. The van der Waals surface area contributed by atoms with Crippen molar-refractivity contribution >= 4 is 0 Å². The van der Waals surface area contributed by atoms with Gasteiger partial charge in [-0.25, -0.2) is 8.78 Å². The number of nitrogens with zero attached hydrogens (tertiary/aromatic N) is 2. The van der Waals surface area contributed by atoms with Crippen molar-refractivity contribution in [1.29, 1.82) is 0 Å². The molecule has 0 amide bonds. The predicted molar refractivity (Wildman–Crippen MR) is 61.5 cm³/mol. The van der Waals surface area contributed by atoms with E-state index in [1.165, 1.54) is 12.1 Å². The summed E-state index contributed by atoms with van der Waals surface area (Å²) in [5, 5.41) is 7.99. The molecule has 0 fully saturated rings. The molecule has 1 heterocycles. The van der Waals surface area contributed by atoms with Crippen LogP contribution in [0.15, 0.2) is 30.3 Å². The van der Waals surface area contributed by atoms with Gasteiger partial charge >= 0.3 is 0 Å². The molecule has 0 aliphatic carbocycles. The first-order chi connectivity index (χ1) is 8.06. The smallest absolute Gasteiger partial charge is 0.126 e. The van der Waals surface area contributed by atoms with E-state index in [1.807, 2.05) is 19.9 Å². The van der Waals surface area contributed by atoms with E-state index in [0.717, 1.165) is 11.8 Å². The maximum absolute atomic E-state index is 13.0. The summed E-state index contributed by atoms with van der Waals surface area (Å²) < 4.78 is 26.1. The van der Waals surface area contributed by atoms with Crippen molar-refractivity contribution in [3.63, 3.8) is 0 Å². The second-order valence-corrected chi connectivity index (χ2v) is 4.16. The topological polar surface area (TPSA) is 25.8 Å². The molecule has 0 saturated carbocycles. The van der Waals surface area contributed by atoms with Crippen molar-refractivity contribution in [2.45, 2.75) is 19.8 Å². The molecule has 0 unspecified atom stereocenters. The maximum atomic E-state index is 13.0. The molecular weight excluding hydrogens is 222 g/mol. The molecule has 4 heteroatoms. The van der Waals surface area contributed by atoms with Crippen LogP contribution in [0.5, 0.6) is 0 Å². The number of benzene rings is 1. The van der Waals surface area contributed by atoms with Crippen LogP contribution in [0, 0.1) is 11.6 Å². The van der Waals surface area contributed by atoms with Gasteiger partial charge in [0, 0.05) is 11.6 Å². The van der Waals surface area contributed by atoms with Crippen molar-refractivity contribution in [3.05, 3.63) is 47.7 Å². The number of hydrogen-bond acceptors (Lipinski definition) is 2. The number of hydrogen-bond donors (Lipinski definition) is 0. The summed E-state index contributed by atoms with van der Waals surface area (Å²) in [4.78, 5) is 0. The second-order valence-electron chi connectivity index (χ2n) is 4.16. The van der Waals surface area contributed by atoms with Gasteiger partial charge in [0.15, 0.2) is 0 Å². The molecule has 2 nitrogen and oxygen atoms in total. The van der Waals surface area contributed by atoms with Gasteiger partial charge in [-0.15, -0.1) is 0 Å². The fourth-order valence-electron chi connectivity index (χ4n) is 1.51. The van der Waals surface area contributed by atoms with Crippen LogP contribution in [0.25, 0.3) is 11.3 Å². The standard InChI is InChI=1S/C13H12F2N2/c1-8(2)12-3-4-13(17-16-12)9-5-10(14)7-11(15)6-9/h3-8H,1-2H3. The van der Waals surface area contributed by atoms with Crippen LogP contribution in [0.4, 0.5) is 8.78 Å². The van der Waals surface area contributed by atoms with Gasteiger partial charge in [0.1, 0.15) is 11.6 Å². The van der Waals surface area contributed by atoms with Gasteiger partial charge in [-0.1, -0.05) is 13.8 Å². The fourth-order valence-corrected chi connectivity index (χ4v) is 1.51. The van der Waals surface area contributed by atoms with E-state index in [2.05, 4.69) is 10.2 Å². The maximum Gasteiger partial charge on any atom is 0.126 e. The number of halogens is 2. The van der Waals surface area contributed by atoms with Crippen LogP contribution >= 0.6 is 0 Å². The van der Waals surface area contributed by atoms with E-state index in [4.69, 9.17) is 0 Å². The zero-order valence-corrected chi connectivity index (χ0v) is 9.61. The first kappa shape index (κ1) is 11.6. The van der Waals surface area contributed by atoms with Crippen LogP contribution in [0.3, 0.4) is 0 Å². The zero-order chi connectivity index (χ0) is 12.4. The van der Waals surface area contributed by atoms with Gasteiger partial charge in [-0.05, 0) is 30.2 Å². The summed E-state index contributed by atoms with van der Waals surface area (Å²) in [6, 6.07) is 6.84. The Balaban J connectivity index is 2.39. The van der Waals surface area contributed by atoms with Crippen molar-refractivity contribution in [2.75, 3.05) is 0 Å². The molecule has 2 rings (SSSR count). The largest absolute Gasteiger partial charge is 0.207 e. The quantitative estimate of drug-likeness (QED) is 0.794. The van der Waals surface area contributed by atoms with Gasteiger partial charge in [-0.2, -0.15) is 10.2 Å². The van der Waals surface area contributed by atoms with E-state index < -0.39 is 11.6 Å². The van der Waals surface area contributed by atoms with Crippen molar-refractivity contribution in [3.8, 4) is 11.3 Å². The molecule has 0 bridgehead atoms. The van der Waals surface area contributed by atoms with Crippen LogP contribution in [-0.2, 0) is 0 Å². The Morgan fingerprint density at radius 1 is 0.941 bits per heavy atom. The van der Waals surface area contributed by atoms with Gasteiger partial charge in [-0.3, -0.25) is 0 Å². The molecule has 0 spiro atoms. The van der Waals surface area contributed by atoms with Gasteiger partial charge in [0.05, 0.1) is 11.4 Å². The lowest BCUT2D eigenvalue weighted by molar-refractivity contribution is 0.584. The highest BCUT2D eigenvalue weighted by Gasteiger charge is 2.06. The van der Waals surface area contributed by atoms with E-state index in [9.17, 15) is 8.78 Å². The molecule has 17 heavy (non-hydrogen) atoms. The molecule has 0 aliphatic rings. The molecule has 2 aromatic rings. The minimum Gasteiger partial charge on any atom is -0.207 e. The molecule has 0 atom stereocenters. The monoisotopic (exact) mass is 234 g/mol. The predicted octanol–water partition coefficient (Wildman–Crippen LogP) is 3.55. The Hall–Kier alpha value is -1.84. The lowest BCUT2D eigenvalue weighted by Crippen LogP contribution is -1.96. The molecule has 88 valence electrons. The third-order valence-electron chi connectivity index (χ3n) is 2.44. The van der Waals surface area contributed by atoms with Crippen LogP contribution in [-0.4, -0.2) is 10.2 Å². The van der Waals surface area contributed by atoms with E-state index >= 15 is 0 Å². The molecule has 0 aliphatic heterocycles. The number of aromatic nitrogens is 2. The molecule has 0 saturated heterocycles. The third kappa shape index (κ3) is 2.64. The van der Waals surface area contributed by atoms with Gasteiger partial charge in [0.2, 0.25) is 0 Å². The normalized spacial score (nSPS) is 10.9. The Morgan fingerprint density at radius 3 is 2.06 bits per heavy atom. The summed E-state index contributed by atoms with van der Waals surface area (Å²) in [6.07, 6.45) is 0. The molecule has 0 radical (unpaired) electrons. The van der Waals surface area contributed by atoms with Crippen LogP contribution in [0.2, 0.25) is 0 Å². The van der Waals surface area contributed by atoms with Crippen LogP contribution in [0.1, 0.15) is 25.5 Å². The lowest BCUT2D eigenvalue weighted by Gasteiger charge is -2.05. The Labute approximate surface area is 98.3 Å². The highest BCUT2D eigenvalue weighted by atomic mass is 19.1. The Morgan fingerprint density at radius 2 is 1.59 bits per heavy atom. The molecular formula is C13H12F2N2. The summed E-state index contributed by atoms with van der Waals surface area (Å²) in [7, 11) is 0.